The van der Waals surface area contributed by atoms with E-state index in [4.69, 9.17) is 20.3 Å². The lowest BCUT2D eigenvalue weighted by Crippen LogP contribution is -2.63. The zero-order valence-electron chi connectivity index (χ0n) is 10.1. The lowest BCUT2D eigenvalue weighted by molar-refractivity contribution is -0.162. The Hall–Kier alpha value is -1.18. The van der Waals surface area contributed by atoms with Crippen LogP contribution in [0.5, 0.6) is 0 Å². The summed E-state index contributed by atoms with van der Waals surface area (Å²) >= 11 is 0. The number of morpholine rings is 1. The highest BCUT2D eigenvalue weighted by atomic mass is 16.5. The van der Waals surface area contributed by atoms with Crippen LogP contribution >= 0.6 is 0 Å². The quantitative estimate of drug-likeness (QED) is 0.645. The Morgan fingerprint density at radius 3 is 2.50 bits per heavy atom. The molecule has 1 amide bonds. The Kier molecular flexibility index (Phi) is 3.84. The van der Waals surface area contributed by atoms with Gasteiger partial charge in [-0.25, -0.2) is 4.79 Å². The van der Waals surface area contributed by atoms with Crippen LogP contribution in [-0.4, -0.2) is 66.4 Å². The molecule has 0 aromatic carbocycles. The van der Waals surface area contributed by atoms with Crippen molar-refractivity contribution in [2.75, 3.05) is 33.0 Å². The Balaban J connectivity index is 2.12. The number of carbonyl (C=O) groups excluding carboxylic acids is 1. The van der Waals surface area contributed by atoms with E-state index in [2.05, 4.69) is 0 Å². The molecule has 7 nitrogen and oxygen atoms in total. The second-order valence-corrected chi connectivity index (χ2v) is 4.70. The summed E-state index contributed by atoms with van der Waals surface area (Å²) in [4.78, 5) is 24.9. The second-order valence-electron chi connectivity index (χ2n) is 4.70. The number of ether oxygens (including phenoxy) is 2. The Bertz CT molecular complexity index is 340. The lowest BCUT2D eigenvalue weighted by atomic mass is 9.89. The molecular formula is C11H18N2O5. The zero-order chi connectivity index (χ0) is 13.2. The molecule has 2 saturated heterocycles. The molecule has 7 heteroatoms. The number of carbonyl (C=O) groups is 2. The molecule has 0 aromatic rings. The van der Waals surface area contributed by atoms with E-state index in [1.54, 1.807) is 0 Å². The van der Waals surface area contributed by atoms with Crippen LogP contribution in [0, 0.1) is 0 Å². The number of rotatable bonds is 2. The number of carboxylic acids is 1. The topological polar surface area (TPSA) is 102 Å². The summed E-state index contributed by atoms with van der Waals surface area (Å²) in [5.41, 5.74) is 5.09. The zero-order valence-corrected chi connectivity index (χ0v) is 10.1. The van der Waals surface area contributed by atoms with Crippen LogP contribution in [0.2, 0.25) is 0 Å². The Morgan fingerprint density at radius 2 is 1.89 bits per heavy atom. The molecule has 2 heterocycles. The fourth-order valence-corrected chi connectivity index (χ4v) is 2.29. The minimum absolute atomic E-state index is 0.0215. The van der Waals surface area contributed by atoms with Crippen LogP contribution in [-0.2, 0) is 19.1 Å². The minimum atomic E-state index is -1.06. The largest absolute Gasteiger partial charge is 0.480 e. The molecule has 2 fully saturated rings. The van der Waals surface area contributed by atoms with Gasteiger partial charge in [-0.3, -0.25) is 4.79 Å². The molecule has 3 N–H and O–H groups in total. The molecule has 1 atom stereocenters. The van der Waals surface area contributed by atoms with E-state index in [9.17, 15) is 9.59 Å². The molecule has 0 spiro atoms. The molecule has 0 radical (unpaired) electrons. The summed E-state index contributed by atoms with van der Waals surface area (Å²) in [6.45, 7) is 1.51. The number of carboxylic acid groups (broad SMARTS) is 1. The van der Waals surface area contributed by atoms with Gasteiger partial charge in [0.1, 0.15) is 0 Å². The first-order valence-corrected chi connectivity index (χ1v) is 6.03. The van der Waals surface area contributed by atoms with Gasteiger partial charge in [0.05, 0.1) is 18.8 Å². The van der Waals surface area contributed by atoms with Crippen LogP contribution in [0.15, 0.2) is 0 Å². The SMILES string of the molecule is NC1(C(=O)N2CCOCC2C(=O)O)CCOCC1. The fraction of sp³-hybridized carbons (Fsp3) is 0.818. The highest BCUT2D eigenvalue weighted by Gasteiger charge is 2.43. The maximum Gasteiger partial charge on any atom is 0.328 e. The highest BCUT2D eigenvalue weighted by molar-refractivity contribution is 5.90. The third kappa shape index (κ3) is 2.47. The van der Waals surface area contributed by atoms with E-state index in [0.717, 1.165) is 0 Å². The van der Waals surface area contributed by atoms with Crippen molar-refractivity contribution in [3.63, 3.8) is 0 Å². The maximum absolute atomic E-state index is 12.4. The van der Waals surface area contributed by atoms with Crippen LogP contribution in [0.3, 0.4) is 0 Å². The van der Waals surface area contributed by atoms with Crippen molar-refractivity contribution in [2.24, 2.45) is 5.73 Å². The smallest absolute Gasteiger partial charge is 0.328 e. The van der Waals surface area contributed by atoms with Gasteiger partial charge < -0.3 is 25.2 Å². The summed E-state index contributed by atoms with van der Waals surface area (Å²) in [6.07, 6.45) is 0.852. The van der Waals surface area contributed by atoms with E-state index in [1.807, 2.05) is 0 Å². The van der Waals surface area contributed by atoms with E-state index in [-0.39, 0.29) is 19.1 Å². The summed E-state index contributed by atoms with van der Waals surface area (Å²) in [5, 5.41) is 9.10. The van der Waals surface area contributed by atoms with Crippen molar-refractivity contribution < 1.29 is 24.2 Å². The van der Waals surface area contributed by atoms with Crippen molar-refractivity contribution >= 4 is 11.9 Å². The van der Waals surface area contributed by atoms with Gasteiger partial charge in [0, 0.05) is 19.8 Å². The third-order valence-corrected chi connectivity index (χ3v) is 3.49. The maximum atomic E-state index is 12.4. The summed E-state index contributed by atoms with van der Waals surface area (Å²) in [6, 6.07) is -0.936. The molecule has 1 unspecified atom stereocenters. The first-order chi connectivity index (χ1) is 8.54. The monoisotopic (exact) mass is 258 g/mol. The first kappa shape index (κ1) is 13.3. The van der Waals surface area contributed by atoms with E-state index in [1.165, 1.54) is 4.90 Å². The lowest BCUT2D eigenvalue weighted by Gasteiger charge is -2.40. The van der Waals surface area contributed by atoms with E-state index in [0.29, 0.717) is 32.7 Å². The number of amides is 1. The van der Waals surface area contributed by atoms with Crippen molar-refractivity contribution in [2.45, 2.75) is 24.4 Å². The third-order valence-electron chi connectivity index (χ3n) is 3.49. The van der Waals surface area contributed by atoms with Crippen molar-refractivity contribution in [3.05, 3.63) is 0 Å². The van der Waals surface area contributed by atoms with Gasteiger partial charge in [-0.2, -0.15) is 0 Å². The van der Waals surface area contributed by atoms with Gasteiger partial charge in [0.2, 0.25) is 5.91 Å². The van der Waals surface area contributed by atoms with Crippen LogP contribution in [0.25, 0.3) is 0 Å². The number of hydrogen-bond donors (Lipinski definition) is 2. The average molecular weight is 258 g/mol. The molecule has 102 valence electrons. The van der Waals surface area contributed by atoms with Gasteiger partial charge in [-0.1, -0.05) is 0 Å². The Morgan fingerprint density at radius 1 is 1.22 bits per heavy atom. The van der Waals surface area contributed by atoms with Crippen molar-refractivity contribution in [1.29, 1.82) is 0 Å². The molecule has 2 rings (SSSR count). The summed E-state index contributed by atoms with van der Waals surface area (Å²) in [7, 11) is 0. The number of nitrogens with two attached hydrogens (primary N) is 1. The second kappa shape index (κ2) is 5.21. The summed E-state index contributed by atoms with van der Waals surface area (Å²) in [5.74, 6) is -1.36. The fourth-order valence-electron chi connectivity index (χ4n) is 2.29. The number of aliphatic carboxylic acids is 1. The molecule has 18 heavy (non-hydrogen) atoms. The molecule has 0 saturated carbocycles. The molecule has 2 aliphatic rings. The highest BCUT2D eigenvalue weighted by Crippen LogP contribution is 2.22. The predicted molar refractivity (Wildman–Crippen MR) is 60.9 cm³/mol. The van der Waals surface area contributed by atoms with E-state index < -0.39 is 17.6 Å². The van der Waals surface area contributed by atoms with Crippen molar-refractivity contribution in [1.82, 2.24) is 4.90 Å². The van der Waals surface area contributed by atoms with E-state index >= 15 is 0 Å². The summed E-state index contributed by atoms with van der Waals surface area (Å²) < 4.78 is 10.3. The van der Waals surface area contributed by atoms with Crippen LogP contribution < -0.4 is 5.73 Å². The van der Waals surface area contributed by atoms with Gasteiger partial charge in [-0.05, 0) is 12.8 Å². The van der Waals surface area contributed by atoms with Gasteiger partial charge in [0.25, 0.3) is 0 Å². The van der Waals surface area contributed by atoms with Crippen LogP contribution in [0.1, 0.15) is 12.8 Å². The van der Waals surface area contributed by atoms with Crippen LogP contribution in [0.4, 0.5) is 0 Å². The molecule has 2 aliphatic heterocycles. The number of nitrogens with zero attached hydrogens (tertiary/aromatic N) is 1. The molecule has 0 aliphatic carbocycles. The van der Waals surface area contributed by atoms with Gasteiger partial charge >= 0.3 is 5.97 Å². The minimum Gasteiger partial charge on any atom is -0.480 e. The molecule has 0 aromatic heterocycles. The standard InChI is InChI=1S/C11H18N2O5/c12-11(1-4-17-5-2-11)10(16)13-3-6-18-7-8(13)9(14)15/h8H,1-7,12H2,(H,14,15). The Labute approximate surface area is 105 Å². The van der Waals surface area contributed by atoms with Gasteiger partial charge in [0.15, 0.2) is 6.04 Å². The average Bonchev–Trinajstić information content (AvgIpc) is 2.38. The molecule has 0 bridgehead atoms. The number of hydrogen-bond acceptors (Lipinski definition) is 5. The first-order valence-electron chi connectivity index (χ1n) is 6.03. The predicted octanol–water partition coefficient (Wildman–Crippen LogP) is -1.19. The van der Waals surface area contributed by atoms with Gasteiger partial charge in [-0.15, -0.1) is 0 Å². The van der Waals surface area contributed by atoms with Crippen molar-refractivity contribution in [3.8, 4) is 0 Å². The normalized spacial score (nSPS) is 27.8. The molecular weight excluding hydrogens is 240 g/mol.